The fourth-order valence-electron chi connectivity index (χ4n) is 1.46. The van der Waals surface area contributed by atoms with E-state index in [4.69, 9.17) is 9.47 Å². The largest absolute Gasteiger partial charge is 0.381 e. The van der Waals surface area contributed by atoms with Gasteiger partial charge in [-0.25, -0.2) is 0 Å². The number of Topliss-reactive ketones (excluding diaryl/α,β-unsaturated/α-hetero) is 1. The van der Waals surface area contributed by atoms with Crippen LogP contribution in [0.15, 0.2) is 0 Å². The Morgan fingerprint density at radius 2 is 2.46 bits per heavy atom. The topological polar surface area (TPSA) is 35.5 Å². The van der Waals surface area contributed by atoms with Gasteiger partial charge < -0.3 is 9.47 Å². The van der Waals surface area contributed by atoms with Gasteiger partial charge in [0.2, 0.25) is 0 Å². The summed E-state index contributed by atoms with van der Waals surface area (Å²) in [4.78, 5) is 11.3. The van der Waals surface area contributed by atoms with Crippen molar-refractivity contribution in [2.24, 2.45) is 5.92 Å². The first-order valence-electron chi connectivity index (χ1n) is 5.00. The molecule has 0 aromatic rings. The lowest BCUT2D eigenvalue weighted by atomic mass is 10.0. The molecule has 0 radical (unpaired) electrons. The quantitative estimate of drug-likeness (QED) is 0.588. The molecule has 13 heavy (non-hydrogen) atoms. The van der Waals surface area contributed by atoms with Gasteiger partial charge in [-0.15, -0.1) is 0 Å². The van der Waals surface area contributed by atoms with Gasteiger partial charge >= 0.3 is 0 Å². The third-order valence-corrected chi connectivity index (χ3v) is 2.15. The van der Waals surface area contributed by atoms with Gasteiger partial charge in [0.05, 0.1) is 0 Å². The number of ketones is 1. The molecule has 0 spiro atoms. The third-order valence-electron chi connectivity index (χ3n) is 2.15. The standard InChI is InChI=1S/C10H18O3/c1-2-4-12-8-10(11)6-9-3-5-13-7-9/h9H,2-8H2,1H3. The van der Waals surface area contributed by atoms with Crippen molar-refractivity contribution in [3.05, 3.63) is 0 Å². The molecular formula is C10H18O3. The lowest BCUT2D eigenvalue weighted by Gasteiger charge is -2.06. The molecule has 1 unspecified atom stereocenters. The molecule has 1 aliphatic heterocycles. The zero-order valence-electron chi connectivity index (χ0n) is 8.25. The molecule has 1 aliphatic rings. The highest BCUT2D eigenvalue weighted by Gasteiger charge is 2.18. The highest BCUT2D eigenvalue weighted by atomic mass is 16.5. The summed E-state index contributed by atoms with van der Waals surface area (Å²) in [5, 5.41) is 0. The van der Waals surface area contributed by atoms with Crippen molar-refractivity contribution in [1.29, 1.82) is 0 Å². The van der Waals surface area contributed by atoms with Crippen LogP contribution in [-0.2, 0) is 14.3 Å². The number of carbonyl (C=O) groups excluding carboxylic acids is 1. The highest BCUT2D eigenvalue weighted by Crippen LogP contribution is 2.16. The molecule has 1 saturated heterocycles. The summed E-state index contributed by atoms with van der Waals surface area (Å²) in [6.07, 6.45) is 2.63. The van der Waals surface area contributed by atoms with E-state index in [0.29, 0.717) is 18.9 Å². The molecule has 0 aliphatic carbocycles. The molecule has 3 nitrogen and oxygen atoms in total. The van der Waals surface area contributed by atoms with E-state index in [9.17, 15) is 4.79 Å². The van der Waals surface area contributed by atoms with E-state index in [2.05, 4.69) is 0 Å². The van der Waals surface area contributed by atoms with Crippen LogP contribution >= 0.6 is 0 Å². The Hall–Kier alpha value is -0.410. The van der Waals surface area contributed by atoms with Gasteiger partial charge in [0.25, 0.3) is 0 Å². The maximum Gasteiger partial charge on any atom is 0.158 e. The van der Waals surface area contributed by atoms with Crippen LogP contribution in [0.1, 0.15) is 26.2 Å². The summed E-state index contributed by atoms with van der Waals surface area (Å²) in [6, 6.07) is 0. The molecular weight excluding hydrogens is 168 g/mol. The molecule has 0 aromatic heterocycles. The second kappa shape index (κ2) is 6.11. The minimum atomic E-state index is 0.212. The summed E-state index contributed by atoms with van der Waals surface area (Å²) < 4.78 is 10.4. The fourth-order valence-corrected chi connectivity index (χ4v) is 1.46. The van der Waals surface area contributed by atoms with Gasteiger partial charge in [-0.05, 0) is 18.8 Å². The van der Waals surface area contributed by atoms with E-state index in [1.807, 2.05) is 6.92 Å². The summed E-state index contributed by atoms with van der Waals surface area (Å²) in [6.45, 7) is 4.57. The van der Waals surface area contributed by atoms with E-state index in [1.54, 1.807) is 0 Å². The number of hydrogen-bond donors (Lipinski definition) is 0. The van der Waals surface area contributed by atoms with Crippen LogP contribution in [0.5, 0.6) is 0 Å². The monoisotopic (exact) mass is 186 g/mol. The molecule has 0 N–H and O–H groups in total. The first-order chi connectivity index (χ1) is 6.33. The zero-order chi connectivity index (χ0) is 9.52. The van der Waals surface area contributed by atoms with Crippen LogP contribution in [0, 0.1) is 5.92 Å². The van der Waals surface area contributed by atoms with E-state index in [-0.39, 0.29) is 12.4 Å². The first kappa shape index (κ1) is 10.7. The second-order valence-corrected chi connectivity index (χ2v) is 3.53. The summed E-state index contributed by atoms with van der Waals surface area (Å²) in [7, 11) is 0. The van der Waals surface area contributed by atoms with Crippen LogP contribution in [-0.4, -0.2) is 32.2 Å². The molecule has 0 amide bonds. The van der Waals surface area contributed by atoms with Crippen LogP contribution in [0.4, 0.5) is 0 Å². The average Bonchev–Trinajstić information content (AvgIpc) is 2.57. The van der Waals surface area contributed by atoms with Crippen molar-refractivity contribution in [2.45, 2.75) is 26.2 Å². The lowest BCUT2D eigenvalue weighted by Crippen LogP contribution is -2.14. The molecule has 3 heteroatoms. The van der Waals surface area contributed by atoms with Crippen molar-refractivity contribution in [1.82, 2.24) is 0 Å². The van der Waals surface area contributed by atoms with Crippen molar-refractivity contribution >= 4 is 5.78 Å². The van der Waals surface area contributed by atoms with Crippen LogP contribution in [0.25, 0.3) is 0 Å². The van der Waals surface area contributed by atoms with Gasteiger partial charge in [-0.1, -0.05) is 6.92 Å². The third kappa shape index (κ3) is 4.39. The van der Waals surface area contributed by atoms with Gasteiger partial charge in [0.1, 0.15) is 6.61 Å². The van der Waals surface area contributed by atoms with Gasteiger partial charge in [0.15, 0.2) is 5.78 Å². The number of carbonyl (C=O) groups is 1. The summed E-state index contributed by atoms with van der Waals surface area (Å²) in [5.74, 6) is 0.654. The smallest absolute Gasteiger partial charge is 0.158 e. The van der Waals surface area contributed by atoms with Gasteiger partial charge in [-0.2, -0.15) is 0 Å². The van der Waals surface area contributed by atoms with E-state index >= 15 is 0 Å². The number of ether oxygens (including phenoxy) is 2. The Morgan fingerprint density at radius 3 is 3.08 bits per heavy atom. The molecule has 76 valence electrons. The molecule has 1 atom stereocenters. The Bertz CT molecular complexity index is 150. The van der Waals surface area contributed by atoms with Crippen molar-refractivity contribution in [2.75, 3.05) is 26.4 Å². The average molecular weight is 186 g/mol. The minimum Gasteiger partial charge on any atom is -0.381 e. The number of hydrogen-bond acceptors (Lipinski definition) is 3. The van der Waals surface area contributed by atoms with E-state index in [0.717, 1.165) is 26.1 Å². The molecule has 1 fully saturated rings. The Morgan fingerprint density at radius 1 is 1.62 bits per heavy atom. The SMILES string of the molecule is CCCOCC(=O)CC1CCOC1. The first-order valence-corrected chi connectivity index (χ1v) is 5.00. The molecule has 1 heterocycles. The second-order valence-electron chi connectivity index (χ2n) is 3.53. The van der Waals surface area contributed by atoms with Gasteiger partial charge in [0, 0.05) is 26.2 Å². The van der Waals surface area contributed by atoms with Crippen LogP contribution in [0.2, 0.25) is 0 Å². The predicted molar refractivity (Wildman–Crippen MR) is 49.7 cm³/mol. The van der Waals surface area contributed by atoms with Crippen LogP contribution in [0.3, 0.4) is 0 Å². The highest BCUT2D eigenvalue weighted by molar-refractivity contribution is 5.79. The molecule has 1 rings (SSSR count). The van der Waals surface area contributed by atoms with Gasteiger partial charge in [-0.3, -0.25) is 4.79 Å². The zero-order valence-corrected chi connectivity index (χ0v) is 8.25. The maximum absolute atomic E-state index is 11.3. The molecule has 0 aromatic carbocycles. The maximum atomic E-state index is 11.3. The predicted octanol–water partition coefficient (Wildman–Crippen LogP) is 1.41. The molecule has 0 bridgehead atoms. The fraction of sp³-hybridized carbons (Fsp3) is 0.900. The van der Waals surface area contributed by atoms with Crippen molar-refractivity contribution in [3.63, 3.8) is 0 Å². The van der Waals surface area contributed by atoms with E-state index < -0.39 is 0 Å². The molecule has 0 saturated carbocycles. The lowest BCUT2D eigenvalue weighted by molar-refractivity contribution is -0.124. The minimum absolute atomic E-state index is 0.212. The normalized spacial score (nSPS) is 22.1. The number of rotatable bonds is 6. The Balaban J connectivity index is 2.02. The summed E-state index contributed by atoms with van der Waals surface area (Å²) >= 11 is 0. The van der Waals surface area contributed by atoms with Crippen molar-refractivity contribution in [3.8, 4) is 0 Å². The van der Waals surface area contributed by atoms with Crippen molar-refractivity contribution < 1.29 is 14.3 Å². The summed E-state index contributed by atoms with van der Waals surface area (Å²) in [5.41, 5.74) is 0. The van der Waals surface area contributed by atoms with E-state index in [1.165, 1.54) is 0 Å². The Labute approximate surface area is 79.4 Å². The Kier molecular flexibility index (Phi) is 5.01. The van der Waals surface area contributed by atoms with Crippen LogP contribution < -0.4 is 0 Å².